The van der Waals surface area contributed by atoms with Crippen molar-refractivity contribution in [1.82, 2.24) is 24.8 Å². The maximum absolute atomic E-state index is 13.2. The van der Waals surface area contributed by atoms with Crippen LogP contribution in [0.1, 0.15) is 68.1 Å². The summed E-state index contributed by atoms with van der Waals surface area (Å²) in [6.45, 7) is 2.65. The molecular formula is C37H41N9O5. The van der Waals surface area contributed by atoms with Crippen molar-refractivity contribution in [3.8, 4) is 0 Å². The van der Waals surface area contributed by atoms with Crippen LogP contribution in [0.5, 0.6) is 0 Å². The molecule has 3 aromatic heterocycles. The van der Waals surface area contributed by atoms with E-state index in [1.165, 1.54) is 0 Å². The molecule has 0 unspecified atom stereocenters. The molecule has 1 saturated heterocycles. The van der Waals surface area contributed by atoms with E-state index in [9.17, 15) is 14.4 Å². The van der Waals surface area contributed by atoms with Gasteiger partial charge < -0.3 is 35.6 Å². The van der Waals surface area contributed by atoms with Crippen molar-refractivity contribution in [2.75, 3.05) is 36.9 Å². The molecule has 6 rings (SSSR count). The summed E-state index contributed by atoms with van der Waals surface area (Å²) in [6.07, 6.45) is 10.8. The van der Waals surface area contributed by atoms with E-state index in [4.69, 9.17) is 15.1 Å². The topological polar surface area (TPSA) is 184 Å². The van der Waals surface area contributed by atoms with Gasteiger partial charge in [0.25, 0.3) is 17.7 Å². The van der Waals surface area contributed by atoms with E-state index in [2.05, 4.69) is 31.3 Å². The van der Waals surface area contributed by atoms with Gasteiger partial charge in [0.2, 0.25) is 0 Å². The number of carbonyl (C=O) groups is 3. The Bertz CT molecular complexity index is 2070. The SMILES string of the molecule is Cn1cc(NC(=O)c2cc(NC(=O)c3ccc(/C=C/c4ccc5nonc5c4)cc3)cn2C)cc1C(=O)NCCC(N)=NCCC1CCOCC1. The fourth-order valence-corrected chi connectivity index (χ4v) is 5.86. The number of benzene rings is 2. The average molecular weight is 692 g/mol. The standard InChI is InChI=1S/C37H41N9O5/c1-45-23-29(20-32(45)36(48)40-16-12-34(38)39-15-11-25-13-17-50-18-14-25)42-37(49)33-21-28(22-46(33)2)41-35(47)27-8-5-24(6-9-27)3-4-26-7-10-30-31(19-26)44-51-43-30/h3-10,19-23,25H,11-18H2,1-2H3,(H2,38,39)(H,40,48)(H,41,47)(H,42,49)/b4-3+. The maximum Gasteiger partial charge on any atom is 0.272 e. The van der Waals surface area contributed by atoms with E-state index >= 15 is 0 Å². The first kappa shape index (κ1) is 34.8. The molecule has 1 fully saturated rings. The monoisotopic (exact) mass is 691 g/mol. The van der Waals surface area contributed by atoms with Crippen molar-refractivity contribution in [2.24, 2.45) is 30.7 Å². The minimum atomic E-state index is -0.393. The molecule has 0 bridgehead atoms. The molecule has 5 aromatic rings. The second-order valence-corrected chi connectivity index (χ2v) is 12.5. The van der Waals surface area contributed by atoms with Crippen LogP contribution in [0.15, 0.2) is 76.6 Å². The molecule has 51 heavy (non-hydrogen) atoms. The number of aliphatic imine (C=N–C) groups is 1. The molecule has 0 aliphatic carbocycles. The normalized spacial score (nSPS) is 13.9. The van der Waals surface area contributed by atoms with Gasteiger partial charge in [-0.2, -0.15) is 0 Å². The van der Waals surface area contributed by atoms with Crippen LogP contribution in [0.2, 0.25) is 0 Å². The number of aromatic nitrogens is 4. The summed E-state index contributed by atoms with van der Waals surface area (Å²) < 4.78 is 13.4. The molecule has 1 aliphatic heterocycles. The number of aryl methyl sites for hydroxylation is 2. The molecule has 0 saturated carbocycles. The highest BCUT2D eigenvalue weighted by atomic mass is 16.6. The summed E-state index contributed by atoms with van der Waals surface area (Å²) in [5.41, 5.74) is 11.4. The van der Waals surface area contributed by atoms with E-state index in [-0.39, 0.29) is 11.8 Å². The van der Waals surface area contributed by atoms with Gasteiger partial charge in [-0.3, -0.25) is 19.4 Å². The van der Waals surface area contributed by atoms with Crippen molar-refractivity contribution in [1.29, 1.82) is 0 Å². The lowest BCUT2D eigenvalue weighted by Gasteiger charge is -2.20. The Kier molecular flexibility index (Phi) is 11.0. The highest BCUT2D eigenvalue weighted by Crippen LogP contribution is 2.20. The molecule has 1 aliphatic rings. The predicted octanol–water partition coefficient (Wildman–Crippen LogP) is 4.87. The quantitative estimate of drug-likeness (QED) is 0.0766. The molecule has 0 atom stereocenters. The van der Waals surface area contributed by atoms with Crippen LogP contribution in [-0.4, -0.2) is 69.3 Å². The summed E-state index contributed by atoms with van der Waals surface area (Å²) in [7, 11) is 3.44. The molecule has 0 spiro atoms. The summed E-state index contributed by atoms with van der Waals surface area (Å²) in [5.74, 6) is 0.148. The number of fused-ring (bicyclic) bond motifs is 1. The molecule has 2 aromatic carbocycles. The Morgan fingerprint density at radius 2 is 1.47 bits per heavy atom. The fourth-order valence-electron chi connectivity index (χ4n) is 5.86. The largest absolute Gasteiger partial charge is 0.387 e. The number of hydrogen-bond donors (Lipinski definition) is 4. The Hall–Kier alpha value is -6.02. The number of nitrogens with two attached hydrogens (primary N) is 1. The van der Waals surface area contributed by atoms with Crippen molar-refractivity contribution < 1.29 is 23.7 Å². The van der Waals surface area contributed by atoms with Crippen LogP contribution >= 0.6 is 0 Å². The Morgan fingerprint density at radius 1 is 0.843 bits per heavy atom. The minimum Gasteiger partial charge on any atom is -0.387 e. The highest BCUT2D eigenvalue weighted by Gasteiger charge is 2.18. The van der Waals surface area contributed by atoms with Gasteiger partial charge >= 0.3 is 0 Å². The van der Waals surface area contributed by atoms with Gasteiger partial charge in [-0.25, -0.2) is 4.63 Å². The second-order valence-electron chi connectivity index (χ2n) is 12.5. The third-order valence-electron chi connectivity index (χ3n) is 8.77. The number of rotatable bonds is 13. The second kappa shape index (κ2) is 16.1. The first-order valence-electron chi connectivity index (χ1n) is 16.8. The van der Waals surface area contributed by atoms with Crippen LogP contribution < -0.4 is 21.7 Å². The fraction of sp³-hybridized carbons (Fsp3) is 0.297. The van der Waals surface area contributed by atoms with Gasteiger partial charge in [-0.15, -0.1) is 0 Å². The van der Waals surface area contributed by atoms with Crippen LogP contribution in [-0.2, 0) is 18.8 Å². The minimum absolute atomic E-state index is 0.288. The Balaban J connectivity index is 0.975. The van der Waals surface area contributed by atoms with Crippen LogP contribution in [0.3, 0.4) is 0 Å². The van der Waals surface area contributed by atoms with Gasteiger partial charge in [0.15, 0.2) is 0 Å². The number of nitrogens with zero attached hydrogens (tertiary/aromatic N) is 5. The summed E-state index contributed by atoms with van der Waals surface area (Å²) >= 11 is 0. The van der Waals surface area contributed by atoms with E-state index in [1.54, 1.807) is 59.9 Å². The average Bonchev–Trinajstić information content (AvgIpc) is 3.85. The van der Waals surface area contributed by atoms with Gasteiger partial charge in [0, 0.05) is 64.8 Å². The lowest BCUT2D eigenvalue weighted by atomic mass is 9.97. The van der Waals surface area contributed by atoms with Crippen LogP contribution in [0, 0.1) is 5.92 Å². The van der Waals surface area contributed by atoms with Crippen LogP contribution in [0.4, 0.5) is 11.4 Å². The Morgan fingerprint density at radius 3 is 2.20 bits per heavy atom. The van der Waals surface area contributed by atoms with Crippen molar-refractivity contribution in [3.63, 3.8) is 0 Å². The molecule has 14 nitrogen and oxygen atoms in total. The van der Waals surface area contributed by atoms with Crippen LogP contribution in [0.25, 0.3) is 23.2 Å². The van der Waals surface area contributed by atoms with Gasteiger partial charge in [0.1, 0.15) is 22.4 Å². The predicted molar refractivity (Wildman–Crippen MR) is 196 cm³/mol. The first-order chi connectivity index (χ1) is 24.7. The number of ether oxygens (including phenoxy) is 1. The molecule has 4 heterocycles. The third kappa shape index (κ3) is 9.16. The summed E-state index contributed by atoms with van der Waals surface area (Å²) in [4.78, 5) is 43.5. The lowest BCUT2D eigenvalue weighted by molar-refractivity contribution is 0.0647. The number of carbonyl (C=O) groups excluding carboxylic acids is 3. The highest BCUT2D eigenvalue weighted by molar-refractivity contribution is 6.07. The number of amides is 3. The maximum atomic E-state index is 13.2. The van der Waals surface area contributed by atoms with Gasteiger partial charge in [-0.1, -0.05) is 30.4 Å². The number of nitrogens with one attached hydrogen (secondary N) is 3. The molecule has 5 N–H and O–H groups in total. The molecule has 3 amide bonds. The smallest absolute Gasteiger partial charge is 0.272 e. The summed E-state index contributed by atoms with van der Waals surface area (Å²) in [5, 5.41) is 16.2. The Labute approximate surface area is 294 Å². The molecule has 264 valence electrons. The van der Waals surface area contributed by atoms with Crippen molar-refractivity contribution in [3.05, 3.63) is 95.1 Å². The third-order valence-corrected chi connectivity index (χ3v) is 8.77. The van der Waals surface area contributed by atoms with E-state index in [1.807, 2.05) is 42.5 Å². The zero-order chi connectivity index (χ0) is 35.7. The molecule has 0 radical (unpaired) electrons. The summed E-state index contributed by atoms with van der Waals surface area (Å²) in [6, 6.07) is 16.0. The zero-order valence-electron chi connectivity index (χ0n) is 28.6. The van der Waals surface area contributed by atoms with Crippen molar-refractivity contribution in [2.45, 2.75) is 25.7 Å². The van der Waals surface area contributed by atoms with Gasteiger partial charge in [0.05, 0.1) is 17.2 Å². The van der Waals surface area contributed by atoms with E-state index < -0.39 is 5.91 Å². The number of amidine groups is 1. The zero-order valence-corrected chi connectivity index (χ0v) is 28.6. The molecular weight excluding hydrogens is 650 g/mol. The number of hydrogen-bond acceptors (Lipinski definition) is 8. The lowest BCUT2D eigenvalue weighted by Crippen LogP contribution is -2.29. The van der Waals surface area contributed by atoms with E-state index in [0.717, 1.165) is 43.6 Å². The first-order valence-corrected chi connectivity index (χ1v) is 16.8. The van der Waals surface area contributed by atoms with Gasteiger partial charge in [-0.05, 0) is 83.0 Å². The van der Waals surface area contributed by atoms with E-state index in [0.29, 0.717) is 70.6 Å². The number of anilines is 2. The van der Waals surface area contributed by atoms with Crippen molar-refractivity contribution >= 4 is 58.1 Å². The molecule has 14 heteroatoms.